The average Bonchev–Trinajstić information content (AvgIpc) is 3.27. The van der Waals surface area contributed by atoms with Gasteiger partial charge in [-0.2, -0.15) is 0 Å². The normalized spacial score (nSPS) is 10.0. The van der Waals surface area contributed by atoms with Gasteiger partial charge >= 0.3 is 23.0 Å². The first-order valence-electron chi connectivity index (χ1n) is 7.73. The Labute approximate surface area is 180 Å². The highest BCUT2D eigenvalue weighted by molar-refractivity contribution is 5.63. The van der Waals surface area contributed by atoms with Crippen LogP contribution >= 0.6 is 0 Å². The van der Waals surface area contributed by atoms with Crippen LogP contribution in [0, 0.1) is 50.6 Å². The molecule has 0 aliphatic carbocycles. The molecule has 26 nitrogen and oxygen atoms in total. The van der Waals surface area contributed by atoms with Crippen molar-refractivity contribution in [1.29, 1.82) is 0 Å². The maximum absolute atomic E-state index is 11.5. The fourth-order valence-electron chi connectivity index (χ4n) is 2.37. The number of hydrazine groups is 1. The quantitative estimate of drug-likeness (QED) is 0.144. The van der Waals surface area contributed by atoms with Gasteiger partial charge in [-0.15, -0.1) is 9.36 Å². The minimum atomic E-state index is -1.43. The van der Waals surface area contributed by atoms with Crippen LogP contribution in [0.1, 0.15) is 0 Å². The van der Waals surface area contributed by atoms with Gasteiger partial charge in [-0.3, -0.25) is 20.2 Å². The van der Waals surface area contributed by atoms with Gasteiger partial charge < -0.3 is 20.2 Å². The second-order valence-electron chi connectivity index (χ2n) is 5.43. The van der Waals surface area contributed by atoms with Crippen molar-refractivity contribution in [2.45, 2.75) is 13.3 Å². The number of nitro groups is 5. The van der Waals surface area contributed by atoms with Crippen LogP contribution in [0.3, 0.4) is 0 Å². The monoisotopic (exact) mass is 484 g/mol. The number of hydrogen-bond donors (Lipinski definition) is 0. The lowest BCUT2D eigenvalue weighted by Gasteiger charge is -2.11. The predicted octanol–water partition coefficient (Wildman–Crippen LogP) is 1.70. The molecule has 176 valence electrons. The van der Waals surface area contributed by atoms with E-state index in [-0.39, 0.29) is 14.4 Å². The van der Waals surface area contributed by atoms with Gasteiger partial charge in [-0.05, 0) is 31.1 Å². The third kappa shape index (κ3) is 4.45. The summed E-state index contributed by atoms with van der Waals surface area (Å²) in [6.45, 7) is -2.49. The molecule has 0 aromatic carbocycles. The van der Waals surface area contributed by atoms with E-state index in [0.29, 0.717) is 0 Å². The first-order valence-corrected chi connectivity index (χ1v) is 7.73. The van der Waals surface area contributed by atoms with Crippen LogP contribution < -0.4 is 0 Å². The summed E-state index contributed by atoms with van der Waals surface area (Å²) >= 11 is 0. The Bertz CT molecular complexity index is 1230. The van der Waals surface area contributed by atoms with Crippen LogP contribution in [0.2, 0.25) is 0 Å². The summed E-state index contributed by atoms with van der Waals surface area (Å²) in [6, 6.07) is 0. The Morgan fingerprint density at radius 3 is 1.32 bits per heavy atom. The fraction of sp³-hybridized carbons (Fsp3) is 0.250. The van der Waals surface area contributed by atoms with Crippen LogP contribution in [0.5, 0.6) is 0 Å². The standard InChI is InChI=1S/C8H4N16O10/c9-15-11-5-3(20(25)26)7(22(29)30)13-18(5)1-17(24(33)34)2-19-6(12-16-10)4(21(27)28)8(14-19)23(31)32/h1-2H2. The molecule has 2 aromatic heterocycles. The molecule has 0 fully saturated rings. The Morgan fingerprint density at radius 2 is 1.09 bits per heavy atom. The van der Waals surface area contributed by atoms with Gasteiger partial charge in [0.15, 0.2) is 18.4 Å². The zero-order valence-electron chi connectivity index (χ0n) is 15.7. The van der Waals surface area contributed by atoms with E-state index in [1.165, 1.54) is 0 Å². The Hall–Kier alpha value is -6.16. The van der Waals surface area contributed by atoms with Crippen molar-refractivity contribution in [2.75, 3.05) is 0 Å². The average molecular weight is 484 g/mol. The van der Waals surface area contributed by atoms with E-state index in [2.05, 4.69) is 30.2 Å². The van der Waals surface area contributed by atoms with Gasteiger partial charge in [-0.1, -0.05) is 5.01 Å². The second kappa shape index (κ2) is 9.32. The van der Waals surface area contributed by atoms with Crippen molar-refractivity contribution in [1.82, 2.24) is 24.6 Å². The summed E-state index contributed by atoms with van der Waals surface area (Å²) in [5, 5.41) is 66.8. The molecular formula is C8H4N16O10. The van der Waals surface area contributed by atoms with E-state index < -0.39 is 72.7 Å². The highest BCUT2D eigenvalue weighted by atomic mass is 16.7. The van der Waals surface area contributed by atoms with Crippen LogP contribution in [-0.4, -0.2) is 49.3 Å². The molecule has 0 atom stereocenters. The highest BCUT2D eigenvalue weighted by Gasteiger charge is 2.41. The van der Waals surface area contributed by atoms with Crippen molar-refractivity contribution in [2.24, 2.45) is 10.2 Å². The maximum atomic E-state index is 11.5. The molecule has 26 heteroatoms. The van der Waals surface area contributed by atoms with Crippen LogP contribution in [-0.2, 0) is 13.3 Å². The first kappa shape index (κ1) is 24.1. The molecule has 0 saturated heterocycles. The van der Waals surface area contributed by atoms with E-state index in [0.717, 1.165) is 0 Å². The van der Waals surface area contributed by atoms with Crippen LogP contribution in [0.25, 0.3) is 20.9 Å². The topological polar surface area (TPSA) is 352 Å². The minimum Gasteiger partial charge on any atom is -0.358 e. The number of aromatic nitrogens is 4. The summed E-state index contributed by atoms with van der Waals surface area (Å²) in [7, 11) is 0. The lowest BCUT2D eigenvalue weighted by atomic mass is 10.5. The van der Waals surface area contributed by atoms with Gasteiger partial charge in [-0.25, -0.2) is 10.1 Å². The number of nitrogens with zero attached hydrogens (tertiary/aromatic N) is 16. The molecule has 0 spiro atoms. The number of hydrogen-bond acceptors (Lipinski definition) is 14. The Kier molecular flexibility index (Phi) is 6.61. The second-order valence-corrected chi connectivity index (χ2v) is 5.43. The SMILES string of the molecule is [N-]=[N+]=Nc1c([N+](=O)[O-])c([N+](=O)[O-])nn1CN(Cn1nc([N+](=O)[O-])c([N+](=O)[O-])c1N=[N+]=[N-])[N+](=O)[O-]. The summed E-state index contributed by atoms with van der Waals surface area (Å²) in [6.07, 6.45) is 0. The summed E-state index contributed by atoms with van der Waals surface area (Å²) in [5.41, 5.74) is 14.4. The van der Waals surface area contributed by atoms with Crippen molar-refractivity contribution >= 4 is 34.6 Å². The van der Waals surface area contributed by atoms with Crippen LogP contribution in [0.15, 0.2) is 10.2 Å². The van der Waals surface area contributed by atoms with Gasteiger partial charge in [0, 0.05) is 9.82 Å². The van der Waals surface area contributed by atoms with Gasteiger partial charge in [0.2, 0.25) is 11.6 Å². The van der Waals surface area contributed by atoms with E-state index in [9.17, 15) is 50.6 Å². The molecule has 0 amide bonds. The van der Waals surface area contributed by atoms with Gasteiger partial charge in [0.05, 0.1) is 20.0 Å². The lowest BCUT2D eigenvalue weighted by molar-refractivity contribution is -0.671. The smallest absolute Gasteiger partial charge is 0.358 e. The lowest BCUT2D eigenvalue weighted by Crippen LogP contribution is -2.34. The Balaban J connectivity index is 2.65. The van der Waals surface area contributed by atoms with E-state index in [1.54, 1.807) is 0 Å². The molecule has 0 saturated carbocycles. The molecular weight excluding hydrogens is 480 g/mol. The van der Waals surface area contributed by atoms with Gasteiger partial charge in [0.25, 0.3) is 0 Å². The molecule has 0 radical (unpaired) electrons. The molecule has 34 heavy (non-hydrogen) atoms. The zero-order chi connectivity index (χ0) is 25.7. The van der Waals surface area contributed by atoms with E-state index >= 15 is 0 Å². The molecule has 2 heterocycles. The molecule has 2 rings (SSSR count). The zero-order valence-corrected chi connectivity index (χ0v) is 15.7. The highest BCUT2D eigenvalue weighted by Crippen LogP contribution is 2.38. The third-order valence-electron chi connectivity index (χ3n) is 3.58. The molecule has 0 aliphatic rings. The minimum absolute atomic E-state index is 0.00626. The maximum Gasteiger partial charge on any atom is 0.468 e. The molecule has 0 unspecified atom stereocenters. The molecule has 0 aliphatic heterocycles. The van der Waals surface area contributed by atoms with Crippen molar-refractivity contribution in [3.05, 3.63) is 71.5 Å². The first-order chi connectivity index (χ1) is 15.9. The number of rotatable bonds is 11. The van der Waals surface area contributed by atoms with E-state index in [4.69, 9.17) is 11.1 Å². The van der Waals surface area contributed by atoms with E-state index in [1.807, 2.05) is 0 Å². The molecule has 0 bridgehead atoms. The van der Waals surface area contributed by atoms with Crippen molar-refractivity contribution in [3.8, 4) is 0 Å². The largest absolute Gasteiger partial charge is 0.468 e. The predicted molar refractivity (Wildman–Crippen MR) is 97.5 cm³/mol. The number of azide groups is 2. The van der Waals surface area contributed by atoms with Crippen LogP contribution in [0.4, 0.5) is 34.6 Å². The summed E-state index contributed by atoms with van der Waals surface area (Å²) < 4.78 is 0.386. The summed E-state index contributed by atoms with van der Waals surface area (Å²) in [5.74, 6) is -5.09. The third-order valence-corrected chi connectivity index (χ3v) is 3.58. The molecule has 0 N–H and O–H groups in total. The van der Waals surface area contributed by atoms with Crippen molar-refractivity contribution in [3.63, 3.8) is 0 Å². The molecule has 2 aromatic rings. The fourth-order valence-corrected chi connectivity index (χ4v) is 2.37. The van der Waals surface area contributed by atoms with Gasteiger partial charge in [0.1, 0.15) is 0 Å². The Morgan fingerprint density at radius 1 is 0.735 bits per heavy atom. The summed E-state index contributed by atoms with van der Waals surface area (Å²) in [4.78, 5) is 55.0. The van der Waals surface area contributed by atoms with Crippen molar-refractivity contribution < 1.29 is 24.7 Å².